The van der Waals surface area contributed by atoms with E-state index in [1.165, 1.54) is 0 Å². The van der Waals surface area contributed by atoms with Crippen molar-refractivity contribution in [1.82, 2.24) is 9.55 Å². The third kappa shape index (κ3) is 1.85. The van der Waals surface area contributed by atoms with Gasteiger partial charge in [-0.25, -0.2) is 4.98 Å². The number of aliphatic hydroxyl groups excluding tert-OH is 1. The van der Waals surface area contributed by atoms with Crippen LogP contribution < -0.4 is 0 Å². The average Bonchev–Trinajstić information content (AvgIpc) is 2.65. The Morgan fingerprint density at radius 1 is 1.27 bits per heavy atom. The summed E-state index contributed by atoms with van der Waals surface area (Å²) in [6, 6.07) is 6.48. The number of hydrogen-bond donors (Lipinski definition) is 2. The lowest BCUT2D eigenvalue weighted by atomic mass is 10.1. The van der Waals surface area contributed by atoms with Gasteiger partial charge in [-0.15, -0.1) is 0 Å². The van der Waals surface area contributed by atoms with Gasteiger partial charge in [-0.3, -0.25) is 0 Å². The minimum Gasteiger partial charge on any atom is -0.508 e. The molecule has 1 unspecified atom stereocenters. The Hall–Kier alpha value is -1.81. The van der Waals surface area contributed by atoms with Crippen LogP contribution in [0.25, 0.3) is 0 Å². The molecule has 2 rings (SSSR count). The molecule has 4 heteroatoms. The van der Waals surface area contributed by atoms with E-state index in [2.05, 4.69) is 4.98 Å². The van der Waals surface area contributed by atoms with Gasteiger partial charge in [-0.05, 0) is 17.7 Å². The molecule has 4 nitrogen and oxygen atoms in total. The van der Waals surface area contributed by atoms with Crippen molar-refractivity contribution in [2.75, 3.05) is 0 Å². The van der Waals surface area contributed by atoms with Crippen LogP contribution in [0.15, 0.2) is 36.8 Å². The molecule has 0 saturated heterocycles. The van der Waals surface area contributed by atoms with Gasteiger partial charge in [0.2, 0.25) is 0 Å². The number of aromatic hydroxyl groups is 1. The molecule has 0 bridgehead atoms. The Morgan fingerprint density at radius 3 is 2.47 bits per heavy atom. The predicted molar refractivity (Wildman–Crippen MR) is 55.4 cm³/mol. The van der Waals surface area contributed by atoms with E-state index in [9.17, 15) is 5.11 Å². The molecule has 0 amide bonds. The highest BCUT2D eigenvalue weighted by molar-refractivity contribution is 5.30. The summed E-state index contributed by atoms with van der Waals surface area (Å²) in [5, 5.41) is 19.1. The highest BCUT2D eigenvalue weighted by Gasteiger charge is 2.13. The summed E-state index contributed by atoms with van der Waals surface area (Å²) in [6.45, 7) is 0. The van der Waals surface area contributed by atoms with Gasteiger partial charge in [-0.2, -0.15) is 0 Å². The zero-order chi connectivity index (χ0) is 10.8. The highest BCUT2D eigenvalue weighted by atomic mass is 16.3. The number of phenols is 1. The maximum atomic E-state index is 10.0. The van der Waals surface area contributed by atoms with Crippen LogP contribution in [-0.2, 0) is 7.05 Å². The van der Waals surface area contributed by atoms with E-state index in [-0.39, 0.29) is 5.75 Å². The van der Waals surface area contributed by atoms with Crippen molar-refractivity contribution in [3.05, 3.63) is 48.0 Å². The number of nitrogens with zero attached hydrogens (tertiary/aromatic N) is 2. The van der Waals surface area contributed by atoms with Crippen molar-refractivity contribution in [2.24, 2.45) is 7.05 Å². The third-order valence-electron chi connectivity index (χ3n) is 2.34. The Bertz CT molecular complexity index is 448. The maximum absolute atomic E-state index is 10.0. The molecule has 1 aromatic heterocycles. The minimum absolute atomic E-state index is 0.191. The molecule has 78 valence electrons. The summed E-state index contributed by atoms with van der Waals surface area (Å²) in [5.41, 5.74) is 1.46. The average molecular weight is 204 g/mol. The van der Waals surface area contributed by atoms with Gasteiger partial charge < -0.3 is 14.8 Å². The van der Waals surface area contributed by atoms with Gasteiger partial charge in [0, 0.05) is 7.05 Å². The van der Waals surface area contributed by atoms with E-state index in [4.69, 9.17) is 5.11 Å². The van der Waals surface area contributed by atoms with E-state index >= 15 is 0 Å². The molecule has 1 heterocycles. The van der Waals surface area contributed by atoms with Crippen LogP contribution in [-0.4, -0.2) is 19.8 Å². The molecule has 15 heavy (non-hydrogen) atoms. The van der Waals surface area contributed by atoms with Crippen molar-refractivity contribution in [3.8, 4) is 5.75 Å². The van der Waals surface area contributed by atoms with Gasteiger partial charge in [0.15, 0.2) is 0 Å². The summed E-state index contributed by atoms with van der Waals surface area (Å²) in [6.07, 6.45) is 2.55. The van der Waals surface area contributed by atoms with Crippen LogP contribution in [0.5, 0.6) is 5.75 Å². The summed E-state index contributed by atoms with van der Waals surface area (Å²) >= 11 is 0. The Balaban J connectivity index is 2.32. The van der Waals surface area contributed by atoms with Crippen molar-refractivity contribution in [2.45, 2.75) is 6.10 Å². The third-order valence-corrected chi connectivity index (χ3v) is 2.34. The highest BCUT2D eigenvalue weighted by Crippen LogP contribution is 2.22. The first-order chi connectivity index (χ1) is 7.18. The standard InChI is InChI=1S/C11H12N2O2/c1-13-7-12-6-10(13)11(15)8-2-4-9(14)5-3-8/h2-7,11,14-15H,1H3. The number of rotatable bonds is 2. The van der Waals surface area contributed by atoms with Gasteiger partial charge in [0.25, 0.3) is 0 Å². The molecule has 0 aliphatic rings. The molecule has 0 aliphatic heterocycles. The first-order valence-electron chi connectivity index (χ1n) is 4.61. The fraction of sp³-hybridized carbons (Fsp3) is 0.182. The van der Waals surface area contributed by atoms with E-state index in [1.54, 1.807) is 41.4 Å². The lowest BCUT2D eigenvalue weighted by molar-refractivity contribution is 0.211. The summed E-state index contributed by atoms with van der Waals surface area (Å²) in [5.74, 6) is 0.191. The molecule has 1 aromatic carbocycles. The van der Waals surface area contributed by atoms with Gasteiger partial charge >= 0.3 is 0 Å². The van der Waals surface area contributed by atoms with Crippen LogP contribution in [0.1, 0.15) is 17.4 Å². The van der Waals surface area contributed by atoms with Gasteiger partial charge in [0.05, 0.1) is 18.2 Å². The number of hydrogen-bond acceptors (Lipinski definition) is 3. The number of imidazole rings is 1. The first-order valence-corrected chi connectivity index (χ1v) is 4.61. The number of aliphatic hydroxyl groups is 1. The zero-order valence-electron chi connectivity index (χ0n) is 8.33. The van der Waals surface area contributed by atoms with Crippen molar-refractivity contribution in [3.63, 3.8) is 0 Å². The number of aryl methyl sites for hydroxylation is 1. The van der Waals surface area contributed by atoms with Crippen molar-refractivity contribution in [1.29, 1.82) is 0 Å². The summed E-state index contributed by atoms with van der Waals surface area (Å²) < 4.78 is 1.76. The van der Waals surface area contributed by atoms with Gasteiger partial charge in [-0.1, -0.05) is 12.1 Å². The Labute approximate surface area is 87.4 Å². The van der Waals surface area contributed by atoms with Crippen LogP contribution in [0.2, 0.25) is 0 Å². The van der Waals surface area contributed by atoms with Crippen LogP contribution >= 0.6 is 0 Å². The smallest absolute Gasteiger partial charge is 0.121 e. The second kappa shape index (κ2) is 3.74. The second-order valence-corrected chi connectivity index (χ2v) is 3.42. The van der Waals surface area contributed by atoms with E-state index in [1.807, 2.05) is 7.05 Å². The molecule has 2 aromatic rings. The molecule has 0 aliphatic carbocycles. The lowest BCUT2D eigenvalue weighted by Crippen LogP contribution is -2.04. The SMILES string of the molecule is Cn1cncc1C(O)c1ccc(O)cc1. The number of benzene rings is 1. The molecular weight excluding hydrogens is 192 g/mol. The minimum atomic E-state index is -0.710. The summed E-state index contributed by atoms with van der Waals surface area (Å²) in [4.78, 5) is 3.94. The van der Waals surface area contributed by atoms with Crippen molar-refractivity contribution >= 4 is 0 Å². The molecule has 0 fully saturated rings. The largest absolute Gasteiger partial charge is 0.508 e. The quantitative estimate of drug-likeness (QED) is 0.773. The monoisotopic (exact) mass is 204 g/mol. The molecule has 0 spiro atoms. The Kier molecular flexibility index (Phi) is 2.43. The zero-order valence-corrected chi connectivity index (χ0v) is 8.33. The second-order valence-electron chi connectivity index (χ2n) is 3.42. The Morgan fingerprint density at radius 2 is 1.93 bits per heavy atom. The molecule has 1 atom stereocenters. The molecule has 0 saturated carbocycles. The molecular formula is C11H12N2O2. The van der Waals surface area contributed by atoms with Crippen LogP contribution in [0.3, 0.4) is 0 Å². The summed E-state index contributed by atoms with van der Waals surface area (Å²) in [7, 11) is 1.83. The first kappa shape index (κ1) is 9.73. The number of aromatic nitrogens is 2. The van der Waals surface area contributed by atoms with Crippen molar-refractivity contribution < 1.29 is 10.2 Å². The topological polar surface area (TPSA) is 58.3 Å². The van der Waals surface area contributed by atoms with E-state index in [0.717, 1.165) is 11.3 Å². The van der Waals surface area contributed by atoms with E-state index < -0.39 is 6.10 Å². The number of phenolic OH excluding ortho intramolecular Hbond substituents is 1. The molecule has 2 N–H and O–H groups in total. The predicted octanol–water partition coefficient (Wildman–Crippen LogP) is 1.21. The lowest BCUT2D eigenvalue weighted by Gasteiger charge is -2.11. The maximum Gasteiger partial charge on any atom is 0.121 e. The normalized spacial score (nSPS) is 12.7. The fourth-order valence-corrected chi connectivity index (χ4v) is 1.46. The van der Waals surface area contributed by atoms with Crippen LogP contribution in [0.4, 0.5) is 0 Å². The fourth-order valence-electron chi connectivity index (χ4n) is 1.46. The van der Waals surface area contributed by atoms with Crippen LogP contribution in [0, 0.1) is 0 Å². The van der Waals surface area contributed by atoms with E-state index in [0.29, 0.717) is 0 Å². The molecule has 0 radical (unpaired) electrons. The van der Waals surface area contributed by atoms with Gasteiger partial charge in [0.1, 0.15) is 11.9 Å².